The molecular formula is C17H26F3N. The first kappa shape index (κ1) is 18.0. The zero-order chi connectivity index (χ0) is 16.0. The third-order valence-electron chi connectivity index (χ3n) is 3.65. The molecule has 21 heavy (non-hydrogen) atoms. The van der Waals surface area contributed by atoms with Gasteiger partial charge < -0.3 is 5.32 Å². The molecule has 0 aliphatic heterocycles. The summed E-state index contributed by atoms with van der Waals surface area (Å²) in [5.41, 5.74) is 0.201. The highest BCUT2D eigenvalue weighted by Gasteiger charge is 2.30. The Hall–Kier alpha value is -1.03. The summed E-state index contributed by atoms with van der Waals surface area (Å²) in [6.45, 7) is 10.3. The van der Waals surface area contributed by atoms with Crippen molar-refractivity contribution in [2.45, 2.75) is 40.3 Å². The Balaban J connectivity index is 2.71. The summed E-state index contributed by atoms with van der Waals surface area (Å²) in [5.74, 6) is 1.35. The maximum absolute atomic E-state index is 12.7. The first-order valence-corrected chi connectivity index (χ1v) is 7.57. The highest BCUT2D eigenvalue weighted by Crippen LogP contribution is 2.30. The molecule has 1 rings (SSSR count). The van der Waals surface area contributed by atoms with Crippen molar-refractivity contribution < 1.29 is 13.2 Å². The molecule has 120 valence electrons. The Morgan fingerprint density at radius 2 is 1.71 bits per heavy atom. The number of benzene rings is 1. The van der Waals surface area contributed by atoms with Crippen molar-refractivity contribution in [1.82, 2.24) is 5.32 Å². The van der Waals surface area contributed by atoms with Gasteiger partial charge in [0, 0.05) is 0 Å². The molecule has 4 heteroatoms. The second-order valence-corrected chi connectivity index (χ2v) is 6.46. The lowest BCUT2D eigenvalue weighted by atomic mass is 9.88. The van der Waals surface area contributed by atoms with Gasteiger partial charge in [-0.25, -0.2) is 0 Å². The average molecular weight is 301 g/mol. The molecule has 1 atom stereocenters. The van der Waals surface area contributed by atoms with Crippen LogP contribution in [0.5, 0.6) is 0 Å². The van der Waals surface area contributed by atoms with E-state index >= 15 is 0 Å². The van der Waals surface area contributed by atoms with Crippen LogP contribution in [-0.4, -0.2) is 13.1 Å². The molecule has 0 aliphatic carbocycles. The molecule has 1 unspecified atom stereocenters. The predicted octanol–water partition coefficient (Wildman–Crippen LogP) is 4.77. The van der Waals surface area contributed by atoms with Crippen LogP contribution in [0, 0.1) is 17.8 Å². The topological polar surface area (TPSA) is 12.0 Å². The van der Waals surface area contributed by atoms with Crippen LogP contribution in [0.15, 0.2) is 24.3 Å². The van der Waals surface area contributed by atoms with E-state index in [0.717, 1.165) is 24.7 Å². The Kier molecular flexibility index (Phi) is 6.72. The Morgan fingerprint density at radius 3 is 2.24 bits per heavy atom. The van der Waals surface area contributed by atoms with Crippen molar-refractivity contribution >= 4 is 0 Å². The first-order valence-electron chi connectivity index (χ1n) is 7.57. The normalized spacial score (nSPS) is 14.0. The maximum atomic E-state index is 12.7. The summed E-state index contributed by atoms with van der Waals surface area (Å²) in [4.78, 5) is 0. The van der Waals surface area contributed by atoms with Crippen LogP contribution in [0.25, 0.3) is 0 Å². The van der Waals surface area contributed by atoms with Gasteiger partial charge in [-0.15, -0.1) is 0 Å². The number of rotatable bonds is 7. The molecule has 0 amide bonds. The lowest BCUT2D eigenvalue weighted by Crippen LogP contribution is -2.30. The van der Waals surface area contributed by atoms with Crippen LogP contribution in [0.1, 0.15) is 38.8 Å². The molecular weight excluding hydrogens is 275 g/mol. The van der Waals surface area contributed by atoms with Crippen LogP contribution in [0.4, 0.5) is 13.2 Å². The van der Waals surface area contributed by atoms with Gasteiger partial charge in [-0.2, -0.15) is 13.2 Å². The van der Waals surface area contributed by atoms with E-state index in [-0.39, 0.29) is 0 Å². The molecule has 1 aromatic rings. The molecule has 0 aromatic heterocycles. The van der Waals surface area contributed by atoms with Crippen molar-refractivity contribution in [3.05, 3.63) is 35.4 Å². The number of halogens is 3. The van der Waals surface area contributed by atoms with Gasteiger partial charge in [0.1, 0.15) is 0 Å². The largest absolute Gasteiger partial charge is 0.416 e. The van der Waals surface area contributed by atoms with E-state index in [1.807, 2.05) is 0 Å². The maximum Gasteiger partial charge on any atom is 0.416 e. The zero-order valence-corrected chi connectivity index (χ0v) is 13.3. The molecule has 0 aliphatic rings. The molecule has 0 saturated carbocycles. The average Bonchev–Trinajstić information content (AvgIpc) is 2.36. The van der Waals surface area contributed by atoms with E-state index in [4.69, 9.17) is 0 Å². The molecule has 1 aromatic carbocycles. The minimum atomic E-state index is -4.26. The molecule has 0 fully saturated rings. The summed E-state index contributed by atoms with van der Waals surface area (Å²) in [5, 5.41) is 3.41. The van der Waals surface area contributed by atoms with E-state index in [2.05, 4.69) is 33.0 Å². The monoisotopic (exact) mass is 301 g/mol. The molecule has 1 N–H and O–H groups in total. The van der Waals surface area contributed by atoms with Crippen LogP contribution in [0.3, 0.4) is 0 Å². The summed E-state index contributed by atoms with van der Waals surface area (Å²) < 4.78 is 38.2. The third-order valence-corrected chi connectivity index (χ3v) is 3.65. The van der Waals surface area contributed by atoms with Crippen LogP contribution < -0.4 is 5.32 Å². The minimum absolute atomic E-state index is 0.340. The van der Waals surface area contributed by atoms with Crippen LogP contribution >= 0.6 is 0 Å². The standard InChI is InChI=1S/C17H26F3N/c1-12(2)10-21-11-15(13(3)4)8-14-6-5-7-16(9-14)17(18,19)20/h5-7,9,12-13,15,21H,8,10-11H2,1-4H3. The van der Waals surface area contributed by atoms with Crippen molar-refractivity contribution in [3.8, 4) is 0 Å². The van der Waals surface area contributed by atoms with Crippen LogP contribution in [-0.2, 0) is 12.6 Å². The quantitative estimate of drug-likeness (QED) is 0.765. The van der Waals surface area contributed by atoms with Gasteiger partial charge in [-0.1, -0.05) is 45.9 Å². The minimum Gasteiger partial charge on any atom is -0.316 e. The fraction of sp³-hybridized carbons (Fsp3) is 0.647. The number of alkyl halides is 3. The second-order valence-electron chi connectivity index (χ2n) is 6.46. The van der Waals surface area contributed by atoms with Crippen molar-refractivity contribution in [3.63, 3.8) is 0 Å². The van der Waals surface area contributed by atoms with Crippen molar-refractivity contribution in [1.29, 1.82) is 0 Å². The van der Waals surface area contributed by atoms with Gasteiger partial charge in [-0.3, -0.25) is 0 Å². The van der Waals surface area contributed by atoms with E-state index in [1.54, 1.807) is 6.07 Å². The SMILES string of the molecule is CC(C)CNCC(Cc1cccc(C(F)(F)F)c1)C(C)C. The summed E-state index contributed by atoms with van der Waals surface area (Å²) in [6, 6.07) is 5.69. The first-order chi connectivity index (χ1) is 9.70. The zero-order valence-electron chi connectivity index (χ0n) is 13.3. The molecule has 0 heterocycles. The predicted molar refractivity (Wildman–Crippen MR) is 81.2 cm³/mol. The summed E-state index contributed by atoms with van der Waals surface area (Å²) in [7, 11) is 0. The van der Waals surface area contributed by atoms with Gasteiger partial charge >= 0.3 is 6.18 Å². The van der Waals surface area contributed by atoms with E-state index < -0.39 is 11.7 Å². The van der Waals surface area contributed by atoms with Crippen molar-refractivity contribution in [2.75, 3.05) is 13.1 Å². The highest BCUT2D eigenvalue weighted by molar-refractivity contribution is 5.26. The Bertz CT molecular complexity index is 424. The van der Waals surface area contributed by atoms with Gasteiger partial charge in [0.05, 0.1) is 5.56 Å². The number of hydrogen-bond acceptors (Lipinski definition) is 1. The summed E-state index contributed by atoms with van der Waals surface area (Å²) >= 11 is 0. The van der Waals surface area contributed by atoms with Gasteiger partial charge in [0.15, 0.2) is 0 Å². The fourth-order valence-corrected chi connectivity index (χ4v) is 2.28. The fourth-order valence-electron chi connectivity index (χ4n) is 2.28. The number of hydrogen-bond donors (Lipinski definition) is 1. The van der Waals surface area contributed by atoms with Crippen LogP contribution in [0.2, 0.25) is 0 Å². The third kappa shape index (κ3) is 6.51. The van der Waals surface area contributed by atoms with E-state index in [0.29, 0.717) is 24.2 Å². The molecule has 0 radical (unpaired) electrons. The highest BCUT2D eigenvalue weighted by atomic mass is 19.4. The molecule has 1 nitrogen and oxygen atoms in total. The molecule has 0 bridgehead atoms. The van der Waals surface area contributed by atoms with E-state index in [1.165, 1.54) is 12.1 Å². The Morgan fingerprint density at radius 1 is 1.05 bits per heavy atom. The lowest BCUT2D eigenvalue weighted by Gasteiger charge is -2.22. The smallest absolute Gasteiger partial charge is 0.316 e. The van der Waals surface area contributed by atoms with Crippen molar-refractivity contribution in [2.24, 2.45) is 17.8 Å². The lowest BCUT2D eigenvalue weighted by molar-refractivity contribution is -0.137. The molecule has 0 saturated heterocycles. The molecule has 0 spiro atoms. The van der Waals surface area contributed by atoms with Gasteiger partial charge in [0.25, 0.3) is 0 Å². The van der Waals surface area contributed by atoms with Gasteiger partial charge in [-0.05, 0) is 48.9 Å². The Labute approximate surface area is 125 Å². The second kappa shape index (κ2) is 7.83. The van der Waals surface area contributed by atoms with Gasteiger partial charge in [0.2, 0.25) is 0 Å². The van der Waals surface area contributed by atoms with E-state index in [9.17, 15) is 13.2 Å². The summed E-state index contributed by atoms with van der Waals surface area (Å²) in [6.07, 6.45) is -3.59. The number of nitrogens with one attached hydrogen (secondary N) is 1.